The number of primary amides is 1. The second-order valence-electron chi connectivity index (χ2n) is 5.90. The first-order chi connectivity index (χ1) is 11.0. The van der Waals surface area contributed by atoms with Crippen molar-refractivity contribution in [1.82, 2.24) is 10.2 Å². The number of carbonyl (C=O) groups is 3. The molecule has 0 aliphatic carbocycles. The molecule has 1 aliphatic rings. The molecule has 0 saturated carbocycles. The average molecular weight is 317 g/mol. The Morgan fingerprint density at radius 1 is 1.30 bits per heavy atom. The highest BCUT2D eigenvalue weighted by molar-refractivity contribution is 5.95. The molecular formula is C17H23N3O3. The highest BCUT2D eigenvalue weighted by Gasteiger charge is 2.26. The molecule has 1 unspecified atom stereocenters. The Balaban J connectivity index is 1.79. The first kappa shape index (κ1) is 17.0. The monoisotopic (exact) mass is 317 g/mol. The first-order valence-electron chi connectivity index (χ1n) is 7.90. The van der Waals surface area contributed by atoms with Crippen LogP contribution < -0.4 is 11.1 Å². The van der Waals surface area contributed by atoms with Crippen LogP contribution in [0.15, 0.2) is 24.3 Å². The third-order valence-corrected chi connectivity index (χ3v) is 4.19. The second kappa shape index (κ2) is 7.76. The number of hydrogen-bond donors (Lipinski definition) is 2. The molecule has 0 radical (unpaired) electrons. The van der Waals surface area contributed by atoms with Gasteiger partial charge in [0.2, 0.25) is 11.8 Å². The predicted octanol–water partition coefficient (Wildman–Crippen LogP) is 0.839. The number of nitrogens with one attached hydrogen (secondary N) is 1. The lowest BCUT2D eigenvalue weighted by Gasteiger charge is -2.31. The normalized spacial score (nSPS) is 17.6. The summed E-state index contributed by atoms with van der Waals surface area (Å²) in [5, 5.41) is 2.77. The van der Waals surface area contributed by atoms with Crippen molar-refractivity contribution in [3.63, 3.8) is 0 Å². The third-order valence-electron chi connectivity index (χ3n) is 4.19. The maximum absolute atomic E-state index is 12.2. The highest BCUT2D eigenvalue weighted by atomic mass is 16.2. The highest BCUT2D eigenvalue weighted by Crippen LogP contribution is 2.16. The van der Waals surface area contributed by atoms with Crippen molar-refractivity contribution in [3.8, 4) is 0 Å². The molecule has 3 amide bonds. The molecule has 6 heteroatoms. The van der Waals surface area contributed by atoms with Gasteiger partial charge in [-0.25, -0.2) is 0 Å². The lowest BCUT2D eigenvalue weighted by atomic mass is 9.97. The van der Waals surface area contributed by atoms with Gasteiger partial charge in [0.15, 0.2) is 0 Å². The van der Waals surface area contributed by atoms with Crippen molar-refractivity contribution in [1.29, 1.82) is 0 Å². The molecule has 124 valence electrons. The fourth-order valence-electron chi connectivity index (χ4n) is 2.80. The van der Waals surface area contributed by atoms with Crippen LogP contribution in [0.2, 0.25) is 0 Å². The Bertz CT molecular complexity index is 601. The number of piperidine rings is 1. The molecule has 0 bridgehead atoms. The van der Waals surface area contributed by atoms with E-state index in [1.807, 2.05) is 25.1 Å². The van der Waals surface area contributed by atoms with E-state index in [-0.39, 0.29) is 36.6 Å². The Hall–Kier alpha value is -2.37. The van der Waals surface area contributed by atoms with Crippen LogP contribution in [0.25, 0.3) is 0 Å². The van der Waals surface area contributed by atoms with Gasteiger partial charge in [-0.3, -0.25) is 14.4 Å². The molecule has 0 aromatic heterocycles. The van der Waals surface area contributed by atoms with E-state index < -0.39 is 0 Å². The largest absolute Gasteiger partial charge is 0.369 e. The molecule has 1 atom stereocenters. The summed E-state index contributed by atoms with van der Waals surface area (Å²) in [6.45, 7) is 3.19. The summed E-state index contributed by atoms with van der Waals surface area (Å²) >= 11 is 0. The van der Waals surface area contributed by atoms with Crippen molar-refractivity contribution in [3.05, 3.63) is 35.4 Å². The third kappa shape index (κ3) is 4.55. The van der Waals surface area contributed by atoms with Crippen molar-refractivity contribution >= 4 is 17.7 Å². The summed E-state index contributed by atoms with van der Waals surface area (Å²) in [5.74, 6) is -0.838. The molecule has 0 spiro atoms. The van der Waals surface area contributed by atoms with E-state index in [1.165, 1.54) is 0 Å². The molecule has 23 heavy (non-hydrogen) atoms. The van der Waals surface area contributed by atoms with E-state index in [1.54, 1.807) is 11.0 Å². The van der Waals surface area contributed by atoms with E-state index in [0.29, 0.717) is 18.7 Å². The van der Waals surface area contributed by atoms with Crippen LogP contribution in [0, 0.1) is 12.8 Å². The summed E-state index contributed by atoms with van der Waals surface area (Å²) in [4.78, 5) is 37.1. The van der Waals surface area contributed by atoms with E-state index in [9.17, 15) is 14.4 Å². The molecule has 1 fully saturated rings. The van der Waals surface area contributed by atoms with Gasteiger partial charge in [0.25, 0.3) is 5.91 Å². The quantitative estimate of drug-likeness (QED) is 0.843. The number of aryl methyl sites for hydroxylation is 1. The minimum absolute atomic E-state index is 0.0546. The minimum atomic E-state index is -0.352. The summed E-state index contributed by atoms with van der Waals surface area (Å²) in [6.07, 6.45) is 1.75. The van der Waals surface area contributed by atoms with Crippen LogP contribution in [0.3, 0.4) is 0 Å². The predicted molar refractivity (Wildman–Crippen MR) is 86.6 cm³/mol. The van der Waals surface area contributed by atoms with Gasteiger partial charge in [0.1, 0.15) is 0 Å². The fourth-order valence-corrected chi connectivity index (χ4v) is 2.80. The number of nitrogens with zero attached hydrogens (tertiary/aromatic N) is 1. The number of likely N-dealkylation sites (tertiary alicyclic amines) is 1. The van der Waals surface area contributed by atoms with Gasteiger partial charge in [0.05, 0.1) is 5.92 Å². The SMILES string of the molecule is Cc1ccccc1C(=O)NCCC(=O)N1CCCC(C(N)=O)C1. The molecule has 1 aromatic carbocycles. The number of carbonyl (C=O) groups excluding carboxylic acids is 3. The fraction of sp³-hybridized carbons (Fsp3) is 0.471. The summed E-state index contributed by atoms with van der Waals surface area (Å²) in [6, 6.07) is 7.32. The van der Waals surface area contributed by atoms with Crippen LogP contribution in [0.1, 0.15) is 35.2 Å². The van der Waals surface area contributed by atoms with Crippen LogP contribution in [0.4, 0.5) is 0 Å². The van der Waals surface area contributed by atoms with E-state index in [4.69, 9.17) is 5.73 Å². The van der Waals surface area contributed by atoms with Gasteiger partial charge >= 0.3 is 0 Å². The standard InChI is InChI=1S/C17H23N3O3/c1-12-5-2-3-7-14(12)17(23)19-9-8-15(21)20-10-4-6-13(11-20)16(18)22/h2-3,5,7,13H,4,6,8-11H2,1H3,(H2,18,22)(H,19,23). The number of nitrogens with two attached hydrogens (primary N) is 1. The number of amides is 3. The van der Waals surface area contributed by atoms with Crippen LogP contribution in [-0.2, 0) is 9.59 Å². The molecule has 3 N–H and O–H groups in total. The van der Waals surface area contributed by atoms with Gasteiger partial charge in [-0.05, 0) is 31.4 Å². The molecule has 1 aromatic rings. The van der Waals surface area contributed by atoms with Gasteiger partial charge in [-0.1, -0.05) is 18.2 Å². The van der Waals surface area contributed by atoms with Gasteiger partial charge in [-0.2, -0.15) is 0 Å². The summed E-state index contributed by atoms with van der Waals surface area (Å²) in [5.41, 5.74) is 6.83. The van der Waals surface area contributed by atoms with Gasteiger partial charge in [0, 0.05) is 31.6 Å². The van der Waals surface area contributed by atoms with E-state index >= 15 is 0 Å². The zero-order valence-electron chi connectivity index (χ0n) is 13.4. The Morgan fingerprint density at radius 2 is 2.04 bits per heavy atom. The maximum atomic E-state index is 12.2. The first-order valence-corrected chi connectivity index (χ1v) is 7.90. The number of rotatable bonds is 5. The maximum Gasteiger partial charge on any atom is 0.251 e. The number of benzene rings is 1. The van der Waals surface area contributed by atoms with Crippen LogP contribution in [0.5, 0.6) is 0 Å². The lowest BCUT2D eigenvalue weighted by molar-refractivity contribution is -0.134. The molecule has 1 saturated heterocycles. The van der Waals surface area contributed by atoms with Gasteiger partial charge in [-0.15, -0.1) is 0 Å². The average Bonchev–Trinajstić information content (AvgIpc) is 2.55. The topological polar surface area (TPSA) is 92.5 Å². The van der Waals surface area contributed by atoms with Crippen LogP contribution in [-0.4, -0.2) is 42.3 Å². The lowest BCUT2D eigenvalue weighted by Crippen LogP contribution is -2.44. The Labute approximate surface area is 136 Å². The zero-order chi connectivity index (χ0) is 16.8. The minimum Gasteiger partial charge on any atom is -0.369 e. The molecule has 1 heterocycles. The second-order valence-corrected chi connectivity index (χ2v) is 5.90. The smallest absolute Gasteiger partial charge is 0.251 e. The van der Waals surface area contributed by atoms with Crippen molar-refractivity contribution in [2.24, 2.45) is 11.7 Å². The van der Waals surface area contributed by atoms with Crippen molar-refractivity contribution < 1.29 is 14.4 Å². The Kier molecular flexibility index (Phi) is 5.73. The van der Waals surface area contributed by atoms with E-state index in [0.717, 1.165) is 18.4 Å². The number of hydrogen-bond acceptors (Lipinski definition) is 3. The summed E-state index contributed by atoms with van der Waals surface area (Å²) < 4.78 is 0. The van der Waals surface area contributed by atoms with Crippen LogP contribution >= 0.6 is 0 Å². The molecular weight excluding hydrogens is 294 g/mol. The molecule has 1 aliphatic heterocycles. The van der Waals surface area contributed by atoms with Crippen molar-refractivity contribution in [2.75, 3.05) is 19.6 Å². The molecule has 2 rings (SSSR count). The van der Waals surface area contributed by atoms with E-state index in [2.05, 4.69) is 5.32 Å². The van der Waals surface area contributed by atoms with Crippen molar-refractivity contribution in [2.45, 2.75) is 26.2 Å². The zero-order valence-corrected chi connectivity index (χ0v) is 13.4. The summed E-state index contributed by atoms with van der Waals surface area (Å²) in [7, 11) is 0. The Morgan fingerprint density at radius 3 is 2.74 bits per heavy atom. The molecule has 6 nitrogen and oxygen atoms in total. The van der Waals surface area contributed by atoms with Gasteiger partial charge < -0.3 is 16.0 Å².